The van der Waals surface area contributed by atoms with Crippen molar-refractivity contribution >= 4 is 5.69 Å². The average molecular weight is 233 g/mol. The second-order valence-corrected chi connectivity index (χ2v) is 5.85. The molecule has 1 fully saturated rings. The molecule has 1 heterocycles. The third kappa shape index (κ3) is 2.81. The molecule has 1 aliphatic heterocycles. The second kappa shape index (κ2) is 4.69. The molecule has 0 spiro atoms. The summed E-state index contributed by atoms with van der Waals surface area (Å²) < 4.78 is 5.42. The predicted molar refractivity (Wildman–Crippen MR) is 72.9 cm³/mol. The number of hydrogen-bond acceptors (Lipinski definition) is 2. The monoisotopic (exact) mass is 233 g/mol. The van der Waals surface area contributed by atoms with Gasteiger partial charge >= 0.3 is 0 Å². The van der Waals surface area contributed by atoms with E-state index in [4.69, 9.17) is 4.74 Å². The van der Waals surface area contributed by atoms with E-state index in [0.717, 1.165) is 26.3 Å². The first-order valence-electron chi connectivity index (χ1n) is 6.42. The summed E-state index contributed by atoms with van der Waals surface area (Å²) in [6.45, 7) is 12.7. The minimum atomic E-state index is 0.217. The lowest BCUT2D eigenvalue weighted by atomic mass is 9.86. The zero-order chi connectivity index (χ0) is 12.5. The summed E-state index contributed by atoms with van der Waals surface area (Å²) in [7, 11) is 0. The highest BCUT2D eigenvalue weighted by Crippen LogP contribution is 2.29. The SMILES string of the molecule is Cc1ccc(C(C)(C)C)cc1N1CCOCC1. The van der Waals surface area contributed by atoms with Crippen LogP contribution in [0.4, 0.5) is 5.69 Å². The molecule has 1 aromatic carbocycles. The van der Waals surface area contributed by atoms with Gasteiger partial charge in [-0.05, 0) is 29.5 Å². The Morgan fingerprint density at radius 1 is 1.12 bits per heavy atom. The van der Waals surface area contributed by atoms with E-state index in [1.807, 2.05) is 0 Å². The Kier molecular flexibility index (Phi) is 3.43. The molecule has 2 heteroatoms. The molecular weight excluding hydrogens is 210 g/mol. The number of rotatable bonds is 1. The van der Waals surface area contributed by atoms with E-state index in [9.17, 15) is 0 Å². The van der Waals surface area contributed by atoms with Crippen LogP contribution in [0.3, 0.4) is 0 Å². The van der Waals surface area contributed by atoms with E-state index >= 15 is 0 Å². The van der Waals surface area contributed by atoms with Gasteiger partial charge in [0.2, 0.25) is 0 Å². The van der Waals surface area contributed by atoms with Gasteiger partial charge in [0.15, 0.2) is 0 Å². The number of hydrogen-bond donors (Lipinski definition) is 0. The maximum absolute atomic E-state index is 5.42. The largest absolute Gasteiger partial charge is 0.378 e. The van der Waals surface area contributed by atoms with Gasteiger partial charge in [-0.25, -0.2) is 0 Å². The molecule has 0 N–H and O–H groups in total. The third-order valence-corrected chi connectivity index (χ3v) is 3.43. The fourth-order valence-corrected chi connectivity index (χ4v) is 2.22. The van der Waals surface area contributed by atoms with Crippen molar-refractivity contribution < 1.29 is 4.74 Å². The topological polar surface area (TPSA) is 12.5 Å². The van der Waals surface area contributed by atoms with Crippen LogP contribution in [0.15, 0.2) is 18.2 Å². The van der Waals surface area contributed by atoms with Gasteiger partial charge in [0, 0.05) is 18.8 Å². The number of ether oxygens (including phenoxy) is 1. The Hall–Kier alpha value is -1.02. The summed E-state index contributed by atoms with van der Waals surface area (Å²) in [5.41, 5.74) is 4.36. The van der Waals surface area contributed by atoms with Crippen LogP contribution in [0.25, 0.3) is 0 Å². The highest BCUT2D eigenvalue weighted by Gasteiger charge is 2.18. The van der Waals surface area contributed by atoms with Gasteiger partial charge in [-0.2, -0.15) is 0 Å². The average Bonchev–Trinajstić information content (AvgIpc) is 2.29. The molecule has 0 atom stereocenters. The number of benzene rings is 1. The Bertz CT molecular complexity index is 386. The zero-order valence-corrected chi connectivity index (χ0v) is 11.4. The smallest absolute Gasteiger partial charge is 0.0642 e. The highest BCUT2D eigenvalue weighted by atomic mass is 16.5. The molecule has 2 rings (SSSR count). The van der Waals surface area contributed by atoms with Gasteiger partial charge < -0.3 is 9.64 Å². The third-order valence-electron chi connectivity index (χ3n) is 3.43. The van der Waals surface area contributed by atoms with Gasteiger partial charge in [-0.3, -0.25) is 0 Å². The van der Waals surface area contributed by atoms with Gasteiger partial charge in [0.05, 0.1) is 13.2 Å². The molecule has 0 radical (unpaired) electrons. The van der Waals surface area contributed by atoms with Crippen LogP contribution >= 0.6 is 0 Å². The van der Waals surface area contributed by atoms with Crippen molar-refractivity contribution in [1.29, 1.82) is 0 Å². The minimum absolute atomic E-state index is 0.217. The zero-order valence-electron chi connectivity index (χ0n) is 11.4. The summed E-state index contributed by atoms with van der Waals surface area (Å²) >= 11 is 0. The molecule has 2 nitrogen and oxygen atoms in total. The first-order chi connectivity index (χ1) is 7.98. The Morgan fingerprint density at radius 2 is 1.76 bits per heavy atom. The lowest BCUT2D eigenvalue weighted by Crippen LogP contribution is -2.36. The first-order valence-corrected chi connectivity index (χ1v) is 6.42. The van der Waals surface area contributed by atoms with Crippen molar-refractivity contribution in [1.82, 2.24) is 0 Å². The maximum Gasteiger partial charge on any atom is 0.0642 e. The van der Waals surface area contributed by atoms with Crippen LogP contribution in [0, 0.1) is 6.92 Å². The normalized spacial score (nSPS) is 17.3. The van der Waals surface area contributed by atoms with Crippen LogP contribution in [0.1, 0.15) is 31.9 Å². The minimum Gasteiger partial charge on any atom is -0.378 e. The van der Waals surface area contributed by atoms with Crippen LogP contribution < -0.4 is 4.90 Å². The molecular formula is C15H23NO. The molecule has 1 saturated heterocycles. The molecule has 94 valence electrons. The van der Waals surface area contributed by atoms with E-state index in [2.05, 4.69) is 50.8 Å². The summed E-state index contributed by atoms with van der Waals surface area (Å²) in [5.74, 6) is 0. The Balaban J connectivity index is 2.31. The fourth-order valence-electron chi connectivity index (χ4n) is 2.22. The molecule has 1 aromatic rings. The molecule has 1 aliphatic rings. The van der Waals surface area contributed by atoms with E-state index in [0.29, 0.717) is 0 Å². The van der Waals surface area contributed by atoms with Gasteiger partial charge in [0.1, 0.15) is 0 Å². The van der Waals surface area contributed by atoms with Crippen LogP contribution in [0.2, 0.25) is 0 Å². The number of morpholine rings is 1. The molecule has 0 unspecified atom stereocenters. The number of nitrogens with zero attached hydrogens (tertiary/aromatic N) is 1. The molecule has 0 bridgehead atoms. The van der Waals surface area contributed by atoms with Crippen LogP contribution in [-0.2, 0) is 10.2 Å². The summed E-state index contributed by atoms with van der Waals surface area (Å²) in [6, 6.07) is 6.84. The summed E-state index contributed by atoms with van der Waals surface area (Å²) in [4.78, 5) is 2.44. The molecule has 0 aliphatic carbocycles. The van der Waals surface area contributed by atoms with Gasteiger partial charge in [0.25, 0.3) is 0 Å². The number of aryl methyl sites for hydroxylation is 1. The lowest BCUT2D eigenvalue weighted by molar-refractivity contribution is 0.122. The van der Waals surface area contributed by atoms with Crippen molar-refractivity contribution in [3.8, 4) is 0 Å². The van der Waals surface area contributed by atoms with Crippen LogP contribution in [-0.4, -0.2) is 26.3 Å². The molecule has 0 amide bonds. The summed E-state index contributed by atoms with van der Waals surface area (Å²) in [5, 5.41) is 0. The number of anilines is 1. The van der Waals surface area contributed by atoms with Crippen molar-refractivity contribution in [3.05, 3.63) is 29.3 Å². The van der Waals surface area contributed by atoms with Crippen molar-refractivity contribution in [3.63, 3.8) is 0 Å². The standard InChI is InChI=1S/C15H23NO/c1-12-5-6-13(15(2,3)4)11-14(12)16-7-9-17-10-8-16/h5-6,11H,7-10H2,1-4H3. The first kappa shape index (κ1) is 12.4. The van der Waals surface area contributed by atoms with E-state index in [1.165, 1.54) is 16.8 Å². The molecule has 0 aromatic heterocycles. The van der Waals surface area contributed by atoms with Gasteiger partial charge in [-0.1, -0.05) is 32.9 Å². The van der Waals surface area contributed by atoms with Crippen molar-refractivity contribution in [2.24, 2.45) is 0 Å². The molecule has 0 saturated carbocycles. The van der Waals surface area contributed by atoms with E-state index in [1.54, 1.807) is 0 Å². The highest BCUT2D eigenvalue weighted by molar-refractivity contribution is 5.56. The Labute approximate surface area is 105 Å². The van der Waals surface area contributed by atoms with E-state index in [-0.39, 0.29) is 5.41 Å². The fraction of sp³-hybridized carbons (Fsp3) is 0.600. The van der Waals surface area contributed by atoms with E-state index < -0.39 is 0 Å². The molecule has 17 heavy (non-hydrogen) atoms. The lowest BCUT2D eigenvalue weighted by Gasteiger charge is -2.31. The van der Waals surface area contributed by atoms with Gasteiger partial charge in [-0.15, -0.1) is 0 Å². The van der Waals surface area contributed by atoms with Crippen LogP contribution in [0.5, 0.6) is 0 Å². The Morgan fingerprint density at radius 3 is 2.35 bits per heavy atom. The maximum atomic E-state index is 5.42. The van der Waals surface area contributed by atoms with Crippen molar-refractivity contribution in [2.45, 2.75) is 33.1 Å². The second-order valence-electron chi connectivity index (χ2n) is 5.85. The quantitative estimate of drug-likeness (QED) is 0.739. The van der Waals surface area contributed by atoms with Crippen molar-refractivity contribution in [2.75, 3.05) is 31.2 Å². The predicted octanol–water partition coefficient (Wildman–Crippen LogP) is 3.13. The summed E-state index contributed by atoms with van der Waals surface area (Å²) in [6.07, 6.45) is 0.